The van der Waals surface area contributed by atoms with E-state index in [0.29, 0.717) is 0 Å². The van der Waals surface area contributed by atoms with Crippen LogP contribution in [0.4, 0.5) is 0 Å². The Labute approximate surface area is 713 Å². The number of rotatable bonds is 28. The molecule has 0 aromatic rings. The number of hydrogen-bond donors (Lipinski definition) is 22. The van der Waals surface area contributed by atoms with Crippen molar-refractivity contribution < 1.29 is 233 Å². The number of halogens is 1. The van der Waals surface area contributed by atoms with Crippen LogP contribution in [-0.4, -0.2) is 385 Å². The maximum atomic E-state index is 11.6. The molecule has 31 atom stereocenters. The predicted molar refractivity (Wildman–Crippen MR) is 430 cm³/mol. The first-order valence-electron chi connectivity index (χ1n) is 31.0. The Morgan fingerprint density at radius 1 is 0.314 bits per heavy atom. The van der Waals surface area contributed by atoms with Crippen molar-refractivity contribution in [2.24, 2.45) is 29.6 Å². The van der Waals surface area contributed by atoms with E-state index in [1.54, 1.807) is 34.6 Å². The van der Waals surface area contributed by atoms with Crippen molar-refractivity contribution in [2.45, 2.75) is 225 Å². The molecule has 69 heteroatoms. The van der Waals surface area contributed by atoms with E-state index in [-0.39, 0.29) is 108 Å². The summed E-state index contributed by atoms with van der Waals surface area (Å²) in [6, 6.07) is -4.86. The number of phosphoric acid groups is 7. The number of ether oxygens (including phenoxy) is 8. The molecule has 49 nitrogen and oxygen atoms in total. The Bertz CT molecular complexity index is 3030. The largest absolute Gasteiger partial charge is 0.476 e. The molecule has 0 amide bonds. The monoisotopic (exact) mass is 2040 g/mol. The van der Waals surface area contributed by atoms with E-state index in [4.69, 9.17) is 178 Å². The second kappa shape index (κ2) is 57.0. The van der Waals surface area contributed by atoms with Crippen LogP contribution in [0.5, 0.6) is 0 Å². The average molecular weight is 2040 g/mol. The zero-order valence-corrected chi connectivity index (χ0v) is 71.1. The van der Waals surface area contributed by atoms with Crippen molar-refractivity contribution >= 4 is 170 Å². The summed E-state index contributed by atoms with van der Waals surface area (Å²) in [5.74, 6) is -1.55. The standard InChI is InChI=1S/C7H15BO8P2.C6H12B2O8P2.C6H13BO8P2Se.C6H12BO7P.2C6H12BO6P.C5H9BBrO6P.7CH4/c1-4-6(9)5(15-7(4)8)3-14-17(2,10)16-18(11,12)13;1-3-5(9)4(15-6(3)7)2-14-17(8,10)16-18(11,12)13;1-3-5(8)4(14-6(3)7)2-13-17(12,18)15-16(9,10)11;1-12-5-4(8)3(14-6(5)7)2-13-15(9,10)11;2*1-3-5(8)4(13-6(3)7)2-12-14(9,10)11;6-5-3(7)4(8)2(13-5)1-12-14(9,10)11;;;;;;;/h4-7,9H,3H2,1-2H3,(H2,11,12,13);3-6,9H,2H2,1H3,(H2,11,12,13);3-6,8H,2H2,1H3,(H,12,18)(H2,9,10,11);3-6,8H,2H2,1H3,(H2,9,10,11);2*3-6,8H,2H2,1H3,(H2,9,10,11);2-5,8H,1H2,(H2,9,10,11);7*1H4/t4-,5-,6+,7-,17?;2*3-,4-,5+,6-,17?;3-,4-,5-,6-;2*3-,4-,5+,6-;2-,3-,4-,5-;;;;;;;/m1111111......./s1. The van der Waals surface area contributed by atoms with Crippen molar-refractivity contribution in [3.8, 4) is 0 Å². The van der Waals surface area contributed by atoms with Gasteiger partial charge in [0.25, 0.3) is 7.47 Å². The van der Waals surface area contributed by atoms with E-state index < -0.39 is 234 Å². The molecule has 16 radical (unpaired) electrons. The van der Waals surface area contributed by atoms with Crippen molar-refractivity contribution in [3.63, 3.8) is 0 Å². The molecule has 0 aliphatic carbocycles. The first-order valence-corrected chi connectivity index (χ1v) is 50.0. The molecule has 7 saturated heterocycles. The minimum Gasteiger partial charge on any atom is -0.390 e. The van der Waals surface area contributed by atoms with Crippen molar-refractivity contribution in [1.29, 1.82) is 0 Å². The van der Waals surface area contributed by atoms with E-state index in [1.807, 2.05) is 15.1 Å². The fraction of sp³-hybridized carbons (Fsp3) is 1.00. The molecule has 7 heterocycles. The van der Waals surface area contributed by atoms with Gasteiger partial charge >= 0.3 is 167 Å². The van der Waals surface area contributed by atoms with Gasteiger partial charge in [-0.3, -0.25) is 27.2 Å². The molecular formula is C49H113B8BrO49P10Se. The first-order chi connectivity index (χ1) is 49.8. The Morgan fingerprint density at radius 2 is 0.525 bits per heavy atom. The van der Waals surface area contributed by atoms with E-state index in [9.17, 15) is 81.7 Å². The third-order valence-corrected chi connectivity index (χ3v) is 27.5. The molecule has 118 heavy (non-hydrogen) atoms. The topological polar surface area (TPSA) is 765 Å². The molecule has 0 bridgehead atoms. The Balaban J connectivity index is -0.000000242. The van der Waals surface area contributed by atoms with Crippen LogP contribution in [0.3, 0.4) is 0 Å². The van der Waals surface area contributed by atoms with Gasteiger partial charge in [-0.15, -0.1) is 0 Å². The summed E-state index contributed by atoms with van der Waals surface area (Å²) in [7, 11) is 3.40. The molecule has 0 saturated carbocycles. The third-order valence-electron chi connectivity index (χ3n) is 15.5. The predicted octanol–water partition coefficient (Wildman–Crippen LogP) is -2.15. The maximum absolute atomic E-state index is 11.6. The Hall–Kier alpha value is 2.42. The van der Waals surface area contributed by atoms with Crippen molar-refractivity contribution in [1.82, 2.24) is 0 Å². The summed E-state index contributed by atoms with van der Waals surface area (Å²) in [6.45, 7) is 6.58. The summed E-state index contributed by atoms with van der Waals surface area (Å²) in [4.78, 5) is 127. The summed E-state index contributed by atoms with van der Waals surface area (Å²) in [6.07, 6.45) is -16.9. The number of alkyl halides is 1. The second-order valence-electron chi connectivity index (χ2n) is 24.4. The van der Waals surface area contributed by atoms with Gasteiger partial charge in [-0.2, -0.15) is 0 Å². The Kier molecular flexibility index (Phi) is 64.5. The van der Waals surface area contributed by atoms with Crippen LogP contribution in [0.1, 0.15) is 86.6 Å². The molecule has 0 aromatic heterocycles. The van der Waals surface area contributed by atoms with Gasteiger partial charge in [0.05, 0.1) is 75.0 Å². The van der Waals surface area contributed by atoms with Crippen LogP contribution in [-0.2, 0) is 124 Å². The molecule has 7 rings (SSSR count). The van der Waals surface area contributed by atoms with Gasteiger partial charge in [0.1, 0.15) is 95.9 Å². The van der Waals surface area contributed by atoms with Gasteiger partial charge in [0.15, 0.2) is 0 Å². The average Bonchev–Trinajstić information content (AvgIpc) is 1.73. The molecule has 7 fully saturated rings. The van der Waals surface area contributed by atoms with E-state index in [0.717, 1.165) is 6.66 Å². The number of hydrogen-bond acceptors (Lipinski definition) is 35. The van der Waals surface area contributed by atoms with Gasteiger partial charge in [-0.25, -0.2) is 36.0 Å². The number of phosphoric ester groups is 4. The Morgan fingerprint density at radius 3 is 0.729 bits per heavy atom. The molecule has 7 aliphatic rings. The molecule has 690 valence electrons. The van der Waals surface area contributed by atoms with Gasteiger partial charge in [-0.1, -0.05) is 95.6 Å². The summed E-state index contributed by atoms with van der Waals surface area (Å²) in [5.41, 5.74) is 0. The molecular weight excluding hydrogens is 1930 g/mol. The SMILES string of the molecule is C.C.C.C.C.C.C.[B][C@@H]1O[C@H](COP(=O)(O)O)[C@@H](O)[C@H]1Br.[B][C@@H]1O[C@H](COP(=O)(O)O)[C@@H](O)[C@H]1C.[B][C@@H]1O[C@H](COP(=O)(O)O)[C@@H](O)[C@H]1C.[B][C@@H]1O[C@H](COP(=O)(O)O)[C@@H](O)[C@H]1OC.[B][C@@H]1O[C@H](COP(C)(=O)OP(=O)(O)O)[C@@H](O)[C@H]1C.[B][C@@H]1O[C@H](COP(O)(=[Se])OP(=O)(O)O)[C@@H](O)[C@H]1C.[B][C@@H]1O[C@H](COP([B])(=O)OP(=O)(O)O)[C@@H](O)[C@H]1C. The molecule has 22 N–H and O–H groups in total. The number of aliphatic hydroxyl groups excluding tert-OH is 7. The fourth-order valence-electron chi connectivity index (χ4n) is 9.24. The van der Waals surface area contributed by atoms with Gasteiger partial charge < -0.3 is 132 Å². The minimum atomic E-state index is -5.03. The van der Waals surface area contributed by atoms with Crippen LogP contribution in [0.15, 0.2) is 0 Å². The zero-order chi connectivity index (χ0) is 86.8. The summed E-state index contributed by atoms with van der Waals surface area (Å²) in [5, 5.41) is 67.0. The van der Waals surface area contributed by atoms with Crippen LogP contribution in [0.25, 0.3) is 0 Å². The van der Waals surface area contributed by atoms with Crippen LogP contribution < -0.4 is 0 Å². The van der Waals surface area contributed by atoms with Crippen LogP contribution in [0, 0.1) is 29.6 Å². The fourth-order valence-corrected chi connectivity index (χ4v) is 18.6. The molecule has 3 unspecified atom stereocenters. The maximum Gasteiger partial charge on any atom is 0.476 e. The summed E-state index contributed by atoms with van der Waals surface area (Å²) >= 11 is 5.11. The summed E-state index contributed by atoms with van der Waals surface area (Å²) < 4.78 is 179. The normalized spacial score (nSPS) is 35.2. The second-order valence-corrected chi connectivity index (χ2v) is 42.5. The van der Waals surface area contributed by atoms with Crippen molar-refractivity contribution in [3.05, 3.63) is 0 Å². The number of methoxy groups -OCH3 is 1. The van der Waals surface area contributed by atoms with Crippen molar-refractivity contribution in [2.75, 3.05) is 60.0 Å². The molecule has 0 spiro atoms. The van der Waals surface area contributed by atoms with Gasteiger partial charge in [0, 0.05) is 73.5 Å². The third kappa shape index (κ3) is 52.5. The van der Waals surface area contributed by atoms with E-state index in [1.165, 1.54) is 7.11 Å². The van der Waals surface area contributed by atoms with E-state index in [2.05, 4.69) is 51.5 Å². The van der Waals surface area contributed by atoms with Gasteiger partial charge in [-0.05, 0) is 0 Å². The zero-order valence-electron chi connectivity index (χ0n) is 58.9. The first kappa shape index (κ1) is 133. The minimum absolute atomic E-state index is 0. The van der Waals surface area contributed by atoms with Crippen LogP contribution in [0.2, 0.25) is 0 Å². The van der Waals surface area contributed by atoms with Gasteiger partial charge in [0.2, 0.25) is 7.57 Å². The smallest absolute Gasteiger partial charge is 0.390 e. The van der Waals surface area contributed by atoms with E-state index >= 15 is 0 Å². The number of aliphatic hydroxyl groups is 7. The molecule has 7 aliphatic heterocycles. The quantitative estimate of drug-likeness (QED) is 0.0226. The van der Waals surface area contributed by atoms with Crippen LogP contribution >= 0.6 is 91.9 Å². The molecule has 0 aromatic carbocycles.